The third kappa shape index (κ3) is 4.77. The second-order valence-electron chi connectivity index (χ2n) is 5.40. The Morgan fingerprint density at radius 1 is 1.52 bits per heavy atom. The fraction of sp³-hybridized carbons (Fsp3) is 0.467. The summed E-state index contributed by atoms with van der Waals surface area (Å²) in [6.07, 6.45) is 1.86. The Hall–Kier alpha value is -1.50. The number of hydrogen-bond donors (Lipinski definition) is 3. The number of benzene rings is 1. The van der Waals surface area contributed by atoms with Crippen LogP contribution in [-0.4, -0.2) is 47.1 Å². The maximum atomic E-state index is 12.0. The highest BCUT2D eigenvalue weighted by Gasteiger charge is 2.23. The molecule has 1 amide bonds. The lowest BCUT2D eigenvalue weighted by atomic mass is 10.1. The summed E-state index contributed by atoms with van der Waals surface area (Å²) in [7, 11) is 0. The topological polar surface area (TPSA) is 78.6 Å². The van der Waals surface area contributed by atoms with Crippen molar-refractivity contribution in [3.63, 3.8) is 0 Å². The number of aliphatic hydroxyl groups excluding tert-OH is 1. The molecule has 5 nitrogen and oxygen atoms in total. The molecule has 0 aliphatic carbocycles. The van der Waals surface area contributed by atoms with Gasteiger partial charge in [-0.1, -0.05) is 24.4 Å². The van der Waals surface area contributed by atoms with E-state index >= 15 is 0 Å². The molecule has 1 fully saturated rings. The van der Waals surface area contributed by atoms with Crippen LogP contribution in [0.4, 0.5) is 5.69 Å². The minimum atomic E-state index is -0.0419. The molecule has 6 heteroatoms. The Bertz CT molecular complexity index is 521. The molecule has 1 aromatic carbocycles. The highest BCUT2D eigenvalue weighted by Crippen LogP contribution is 2.19. The summed E-state index contributed by atoms with van der Waals surface area (Å²) in [4.78, 5) is 14.5. The molecular weight excluding hydrogens is 286 g/mol. The summed E-state index contributed by atoms with van der Waals surface area (Å²) in [5.74, 6) is 0.459. The fourth-order valence-electron chi connectivity index (χ4n) is 2.63. The third-order valence-corrected chi connectivity index (χ3v) is 3.94. The van der Waals surface area contributed by atoms with Crippen molar-refractivity contribution in [2.45, 2.75) is 12.8 Å². The Morgan fingerprint density at radius 2 is 2.33 bits per heavy atom. The first-order valence-corrected chi connectivity index (χ1v) is 7.52. The third-order valence-electron chi connectivity index (χ3n) is 3.71. The molecule has 0 spiro atoms. The Balaban J connectivity index is 1.85. The monoisotopic (exact) mass is 307 g/mol. The summed E-state index contributed by atoms with van der Waals surface area (Å²) in [6, 6.07) is 7.23. The molecule has 1 atom stereocenters. The molecule has 1 saturated heterocycles. The van der Waals surface area contributed by atoms with Gasteiger partial charge in [-0.3, -0.25) is 9.69 Å². The number of carbonyl (C=O) groups excluding carboxylic acids is 1. The van der Waals surface area contributed by atoms with Crippen LogP contribution in [0.2, 0.25) is 0 Å². The number of aliphatic hydroxyl groups is 1. The fourth-order valence-corrected chi connectivity index (χ4v) is 2.76. The number of hydrogen-bond acceptors (Lipinski definition) is 4. The van der Waals surface area contributed by atoms with Crippen molar-refractivity contribution in [3.8, 4) is 0 Å². The maximum absolute atomic E-state index is 12.0. The smallest absolute Gasteiger partial charge is 0.238 e. The minimum Gasteiger partial charge on any atom is -0.396 e. The molecule has 0 saturated carbocycles. The number of amides is 1. The zero-order valence-corrected chi connectivity index (χ0v) is 12.7. The van der Waals surface area contributed by atoms with Crippen molar-refractivity contribution in [3.05, 3.63) is 29.8 Å². The Morgan fingerprint density at radius 3 is 3.05 bits per heavy atom. The number of likely N-dealkylation sites (tertiary alicyclic amines) is 1. The zero-order chi connectivity index (χ0) is 15.2. The molecule has 2 rings (SSSR count). The molecule has 0 bridgehead atoms. The van der Waals surface area contributed by atoms with Gasteiger partial charge in [0.25, 0.3) is 0 Å². The number of anilines is 1. The van der Waals surface area contributed by atoms with E-state index in [0.29, 0.717) is 23.1 Å². The van der Waals surface area contributed by atoms with Crippen molar-refractivity contribution in [2.75, 3.05) is 31.6 Å². The average molecular weight is 307 g/mol. The molecule has 4 N–H and O–H groups in total. The van der Waals surface area contributed by atoms with Gasteiger partial charge in [-0.25, -0.2) is 0 Å². The van der Waals surface area contributed by atoms with Crippen LogP contribution in [0.15, 0.2) is 24.3 Å². The lowest BCUT2D eigenvalue weighted by molar-refractivity contribution is -0.117. The van der Waals surface area contributed by atoms with E-state index in [1.807, 2.05) is 18.2 Å². The van der Waals surface area contributed by atoms with Crippen molar-refractivity contribution in [1.82, 2.24) is 4.90 Å². The summed E-state index contributed by atoms with van der Waals surface area (Å²) in [5, 5.41) is 11.8. The predicted octanol–water partition coefficient (Wildman–Crippen LogP) is 0.964. The molecular formula is C15H21N3O2S. The Kier molecular flexibility index (Phi) is 5.67. The van der Waals surface area contributed by atoms with Gasteiger partial charge >= 0.3 is 0 Å². The largest absolute Gasteiger partial charge is 0.396 e. The van der Waals surface area contributed by atoms with Crippen molar-refractivity contribution >= 4 is 28.8 Å². The second kappa shape index (κ2) is 7.49. The Labute approximate surface area is 130 Å². The van der Waals surface area contributed by atoms with E-state index in [2.05, 4.69) is 10.2 Å². The van der Waals surface area contributed by atoms with Crippen LogP contribution < -0.4 is 11.1 Å². The highest BCUT2D eigenvalue weighted by molar-refractivity contribution is 7.80. The molecule has 1 heterocycles. The number of carbonyl (C=O) groups is 1. The van der Waals surface area contributed by atoms with Crippen LogP contribution in [0, 0.1) is 5.92 Å². The molecule has 21 heavy (non-hydrogen) atoms. The van der Waals surface area contributed by atoms with E-state index in [-0.39, 0.29) is 12.5 Å². The lowest BCUT2D eigenvalue weighted by Gasteiger charge is -2.15. The first-order valence-electron chi connectivity index (χ1n) is 7.11. The van der Waals surface area contributed by atoms with Crippen LogP contribution in [0.5, 0.6) is 0 Å². The van der Waals surface area contributed by atoms with E-state index in [0.717, 1.165) is 31.5 Å². The molecule has 0 aromatic heterocycles. The zero-order valence-electron chi connectivity index (χ0n) is 11.9. The van der Waals surface area contributed by atoms with Crippen LogP contribution in [0.25, 0.3) is 0 Å². The lowest BCUT2D eigenvalue weighted by Crippen LogP contribution is -2.31. The summed E-state index contributed by atoms with van der Waals surface area (Å²) in [6.45, 7) is 2.38. The maximum Gasteiger partial charge on any atom is 0.238 e. The second-order valence-corrected chi connectivity index (χ2v) is 5.84. The minimum absolute atomic E-state index is 0.0419. The van der Waals surface area contributed by atoms with E-state index in [1.54, 1.807) is 6.07 Å². The number of nitrogens with zero attached hydrogens (tertiary/aromatic N) is 1. The van der Waals surface area contributed by atoms with Gasteiger partial charge in [0.05, 0.1) is 6.54 Å². The molecule has 1 unspecified atom stereocenters. The van der Waals surface area contributed by atoms with E-state index in [1.165, 1.54) is 0 Å². The van der Waals surface area contributed by atoms with E-state index in [9.17, 15) is 4.79 Å². The summed E-state index contributed by atoms with van der Waals surface area (Å²) in [5.41, 5.74) is 7.03. The molecule has 1 aromatic rings. The van der Waals surface area contributed by atoms with Crippen molar-refractivity contribution < 1.29 is 9.90 Å². The average Bonchev–Trinajstić information content (AvgIpc) is 2.86. The number of rotatable bonds is 6. The molecule has 1 aliphatic rings. The number of nitrogens with two attached hydrogens (primary N) is 1. The van der Waals surface area contributed by atoms with Crippen LogP contribution in [0.1, 0.15) is 18.4 Å². The van der Waals surface area contributed by atoms with Gasteiger partial charge in [0.15, 0.2) is 0 Å². The van der Waals surface area contributed by atoms with Gasteiger partial charge in [-0.15, -0.1) is 0 Å². The standard InChI is InChI=1S/C15H21N3O2S/c16-15(21)12-2-1-3-13(8-12)17-14(20)10-18-6-4-11(9-18)5-7-19/h1-3,8,11,19H,4-7,9-10H2,(H2,16,21)(H,17,20). The molecule has 114 valence electrons. The SMILES string of the molecule is NC(=S)c1cccc(NC(=O)CN2CCC(CCO)C2)c1. The van der Waals surface area contributed by atoms with Gasteiger partial charge in [0, 0.05) is 24.4 Å². The first-order chi connectivity index (χ1) is 10.1. The van der Waals surface area contributed by atoms with Gasteiger partial charge in [-0.05, 0) is 37.4 Å². The number of thiocarbonyl (C=S) groups is 1. The first kappa shape index (κ1) is 15.9. The van der Waals surface area contributed by atoms with Crippen molar-refractivity contribution in [1.29, 1.82) is 0 Å². The van der Waals surface area contributed by atoms with Gasteiger partial charge in [0.1, 0.15) is 4.99 Å². The molecule has 0 radical (unpaired) electrons. The van der Waals surface area contributed by atoms with Gasteiger partial charge in [0.2, 0.25) is 5.91 Å². The van der Waals surface area contributed by atoms with Crippen LogP contribution in [0.3, 0.4) is 0 Å². The van der Waals surface area contributed by atoms with Crippen LogP contribution in [-0.2, 0) is 4.79 Å². The van der Waals surface area contributed by atoms with E-state index in [4.69, 9.17) is 23.1 Å². The highest BCUT2D eigenvalue weighted by atomic mass is 32.1. The normalized spacial score (nSPS) is 18.6. The molecule has 1 aliphatic heterocycles. The quantitative estimate of drug-likeness (QED) is 0.682. The van der Waals surface area contributed by atoms with Gasteiger partial charge in [-0.2, -0.15) is 0 Å². The summed E-state index contributed by atoms with van der Waals surface area (Å²) >= 11 is 4.93. The number of nitrogens with one attached hydrogen (secondary N) is 1. The van der Waals surface area contributed by atoms with E-state index < -0.39 is 0 Å². The predicted molar refractivity (Wildman–Crippen MR) is 87.2 cm³/mol. The van der Waals surface area contributed by atoms with Gasteiger partial charge < -0.3 is 16.2 Å². The van der Waals surface area contributed by atoms with Crippen molar-refractivity contribution in [2.24, 2.45) is 11.7 Å². The van der Waals surface area contributed by atoms with Crippen LogP contribution >= 0.6 is 12.2 Å². The summed E-state index contributed by atoms with van der Waals surface area (Å²) < 4.78 is 0.